The fourth-order valence-corrected chi connectivity index (χ4v) is 4.67. The third-order valence-corrected chi connectivity index (χ3v) is 6.06. The molecule has 2 heterocycles. The molecule has 21 heavy (non-hydrogen) atoms. The summed E-state index contributed by atoms with van der Waals surface area (Å²) in [5.74, 6) is 0.901. The van der Waals surface area contributed by atoms with Crippen LogP contribution in [0.4, 0.5) is 0 Å². The minimum Gasteiger partial charge on any atom is -0.303 e. The van der Waals surface area contributed by atoms with E-state index in [1.165, 1.54) is 84.0 Å². The molecule has 0 bridgehead atoms. The standard InChI is InChI=1S/C18H32N2O/c21-16-18(8-2-1-3-9-18)15-20-12-6-17(7-13-20)14-19-10-4-5-11-19/h16-17H,1-15H2. The number of piperidine rings is 1. The summed E-state index contributed by atoms with van der Waals surface area (Å²) in [7, 11) is 0. The lowest BCUT2D eigenvalue weighted by Crippen LogP contribution is -2.45. The van der Waals surface area contributed by atoms with Crippen molar-refractivity contribution in [2.75, 3.05) is 39.3 Å². The number of likely N-dealkylation sites (tertiary alicyclic amines) is 2. The van der Waals surface area contributed by atoms with Crippen LogP contribution in [0.1, 0.15) is 57.8 Å². The van der Waals surface area contributed by atoms with Crippen LogP contribution in [0.15, 0.2) is 0 Å². The first-order valence-electron chi connectivity index (χ1n) is 9.21. The zero-order valence-corrected chi connectivity index (χ0v) is 13.6. The van der Waals surface area contributed by atoms with Crippen LogP contribution in [0.5, 0.6) is 0 Å². The van der Waals surface area contributed by atoms with Crippen molar-refractivity contribution in [2.24, 2.45) is 11.3 Å². The third-order valence-electron chi connectivity index (χ3n) is 6.06. The van der Waals surface area contributed by atoms with E-state index in [4.69, 9.17) is 0 Å². The molecule has 3 rings (SSSR count). The molecule has 0 amide bonds. The van der Waals surface area contributed by atoms with Crippen molar-refractivity contribution in [2.45, 2.75) is 57.8 Å². The van der Waals surface area contributed by atoms with Crippen LogP contribution in [0, 0.1) is 11.3 Å². The van der Waals surface area contributed by atoms with Gasteiger partial charge in [0.2, 0.25) is 0 Å². The lowest BCUT2D eigenvalue weighted by Gasteiger charge is -2.40. The van der Waals surface area contributed by atoms with Gasteiger partial charge in [0.25, 0.3) is 0 Å². The molecule has 0 aromatic rings. The summed E-state index contributed by atoms with van der Waals surface area (Å²) in [5, 5.41) is 0. The molecule has 1 aliphatic carbocycles. The highest BCUT2D eigenvalue weighted by atomic mass is 16.1. The van der Waals surface area contributed by atoms with E-state index in [9.17, 15) is 4.79 Å². The molecule has 0 unspecified atom stereocenters. The second-order valence-electron chi connectivity index (χ2n) is 7.77. The van der Waals surface area contributed by atoms with Crippen molar-refractivity contribution >= 4 is 6.29 Å². The van der Waals surface area contributed by atoms with Gasteiger partial charge in [-0.3, -0.25) is 0 Å². The predicted molar refractivity (Wildman–Crippen MR) is 86.4 cm³/mol. The fourth-order valence-electron chi connectivity index (χ4n) is 4.67. The van der Waals surface area contributed by atoms with Gasteiger partial charge in [0.05, 0.1) is 0 Å². The molecule has 120 valence electrons. The van der Waals surface area contributed by atoms with Gasteiger partial charge in [0, 0.05) is 18.5 Å². The number of rotatable bonds is 5. The van der Waals surface area contributed by atoms with E-state index in [-0.39, 0.29) is 5.41 Å². The van der Waals surface area contributed by atoms with E-state index in [1.807, 2.05) is 0 Å². The molecule has 2 saturated heterocycles. The number of carbonyl (C=O) groups is 1. The van der Waals surface area contributed by atoms with E-state index in [2.05, 4.69) is 9.80 Å². The van der Waals surface area contributed by atoms with Gasteiger partial charge in [0.1, 0.15) is 6.29 Å². The van der Waals surface area contributed by atoms with Crippen molar-refractivity contribution in [1.29, 1.82) is 0 Å². The summed E-state index contributed by atoms with van der Waals surface area (Å²) in [6, 6.07) is 0. The smallest absolute Gasteiger partial charge is 0.127 e. The van der Waals surface area contributed by atoms with E-state index in [0.717, 1.165) is 25.3 Å². The first-order valence-corrected chi connectivity index (χ1v) is 9.21. The molecule has 3 fully saturated rings. The molecule has 0 radical (unpaired) electrons. The van der Waals surface area contributed by atoms with Crippen LogP contribution < -0.4 is 0 Å². The van der Waals surface area contributed by atoms with E-state index in [1.54, 1.807) is 0 Å². The molecule has 3 heteroatoms. The van der Waals surface area contributed by atoms with Crippen LogP contribution in [0.25, 0.3) is 0 Å². The summed E-state index contributed by atoms with van der Waals surface area (Å²) < 4.78 is 0. The maximum absolute atomic E-state index is 11.6. The average Bonchev–Trinajstić information content (AvgIpc) is 3.03. The van der Waals surface area contributed by atoms with Crippen LogP contribution in [-0.2, 0) is 4.79 Å². The quantitative estimate of drug-likeness (QED) is 0.728. The number of carbonyl (C=O) groups excluding carboxylic acids is 1. The Bertz CT molecular complexity index is 324. The van der Waals surface area contributed by atoms with Gasteiger partial charge >= 0.3 is 0 Å². The molecule has 0 aromatic carbocycles. The van der Waals surface area contributed by atoms with E-state index >= 15 is 0 Å². The van der Waals surface area contributed by atoms with Crippen LogP contribution in [0.2, 0.25) is 0 Å². The monoisotopic (exact) mass is 292 g/mol. The van der Waals surface area contributed by atoms with Gasteiger partial charge in [-0.15, -0.1) is 0 Å². The Morgan fingerprint density at radius 2 is 1.52 bits per heavy atom. The highest BCUT2D eigenvalue weighted by molar-refractivity contribution is 5.60. The normalized spacial score (nSPS) is 28.8. The van der Waals surface area contributed by atoms with Crippen LogP contribution >= 0.6 is 0 Å². The minimum atomic E-state index is 0.0000388. The fraction of sp³-hybridized carbons (Fsp3) is 0.944. The number of aldehydes is 1. The zero-order chi connectivity index (χ0) is 14.5. The summed E-state index contributed by atoms with van der Waals surface area (Å²) in [6.45, 7) is 7.45. The van der Waals surface area contributed by atoms with Gasteiger partial charge < -0.3 is 14.6 Å². The van der Waals surface area contributed by atoms with Crippen LogP contribution in [0.3, 0.4) is 0 Å². The molecule has 0 spiro atoms. The molecule has 3 aliphatic rings. The van der Waals surface area contributed by atoms with E-state index < -0.39 is 0 Å². The van der Waals surface area contributed by atoms with Crippen molar-refractivity contribution < 1.29 is 4.79 Å². The Morgan fingerprint density at radius 1 is 0.857 bits per heavy atom. The molecule has 0 atom stereocenters. The maximum Gasteiger partial charge on any atom is 0.127 e. The maximum atomic E-state index is 11.6. The lowest BCUT2D eigenvalue weighted by atomic mass is 9.74. The Labute approximate surface area is 130 Å². The number of hydrogen-bond acceptors (Lipinski definition) is 3. The summed E-state index contributed by atoms with van der Waals surface area (Å²) >= 11 is 0. The average molecular weight is 292 g/mol. The second-order valence-corrected chi connectivity index (χ2v) is 7.77. The summed E-state index contributed by atoms with van der Waals surface area (Å²) in [5.41, 5.74) is 0.0000388. The predicted octanol–water partition coefficient (Wildman–Crippen LogP) is 2.94. The zero-order valence-electron chi connectivity index (χ0n) is 13.6. The number of hydrogen-bond donors (Lipinski definition) is 0. The highest BCUT2D eigenvalue weighted by Crippen LogP contribution is 2.36. The van der Waals surface area contributed by atoms with Gasteiger partial charge in [-0.25, -0.2) is 0 Å². The van der Waals surface area contributed by atoms with Crippen molar-refractivity contribution in [3.63, 3.8) is 0 Å². The molecule has 3 nitrogen and oxygen atoms in total. The number of nitrogens with zero attached hydrogens (tertiary/aromatic N) is 2. The second kappa shape index (κ2) is 7.23. The Kier molecular flexibility index (Phi) is 5.33. The first-order chi connectivity index (χ1) is 10.3. The molecule has 0 N–H and O–H groups in total. The summed E-state index contributed by atoms with van der Waals surface area (Å²) in [6.07, 6.45) is 12.9. The van der Waals surface area contributed by atoms with Crippen molar-refractivity contribution in [3.8, 4) is 0 Å². The summed E-state index contributed by atoms with van der Waals surface area (Å²) in [4.78, 5) is 16.9. The molecular formula is C18H32N2O. The van der Waals surface area contributed by atoms with Crippen molar-refractivity contribution in [3.05, 3.63) is 0 Å². The van der Waals surface area contributed by atoms with Crippen molar-refractivity contribution in [1.82, 2.24) is 9.80 Å². The molecular weight excluding hydrogens is 260 g/mol. The molecule has 2 aliphatic heterocycles. The SMILES string of the molecule is O=CC1(CN2CCC(CN3CCCC3)CC2)CCCCC1. The third kappa shape index (κ3) is 4.07. The Morgan fingerprint density at radius 3 is 2.14 bits per heavy atom. The van der Waals surface area contributed by atoms with Gasteiger partial charge in [-0.1, -0.05) is 19.3 Å². The molecule has 0 aromatic heterocycles. The minimum absolute atomic E-state index is 0.0000388. The largest absolute Gasteiger partial charge is 0.303 e. The van der Waals surface area contributed by atoms with E-state index in [0.29, 0.717) is 0 Å². The first kappa shape index (κ1) is 15.5. The topological polar surface area (TPSA) is 23.6 Å². The lowest BCUT2D eigenvalue weighted by molar-refractivity contribution is -0.119. The Balaban J connectivity index is 1.43. The van der Waals surface area contributed by atoms with Gasteiger partial charge in [0.15, 0.2) is 0 Å². The highest BCUT2D eigenvalue weighted by Gasteiger charge is 2.34. The van der Waals surface area contributed by atoms with Gasteiger partial charge in [-0.05, 0) is 70.6 Å². The van der Waals surface area contributed by atoms with Gasteiger partial charge in [-0.2, -0.15) is 0 Å². The van der Waals surface area contributed by atoms with Crippen LogP contribution in [-0.4, -0.2) is 55.4 Å². The molecule has 1 saturated carbocycles. The Hall–Kier alpha value is -0.410.